The standard InChI is InChI=1S/C44H33F5N2/c1-43(2)19-20-44(3,4)32-23-26(15-16-31(32)43)50-33-11-7-5-9-27(33)29-21-24(13-17-35(29)50)25-14-18-36-30(22-25)28-10-6-8-12-34(28)51(36)42-40(48)38(46)37(45)39(47)41(42)49/h5-18,21-23H,19-20H2,1-4H3. The Hall–Kier alpha value is -5.43. The number of rotatable bonds is 3. The number of para-hydroxylation sites is 2. The molecular weight excluding hydrogens is 651 g/mol. The molecule has 0 radical (unpaired) electrons. The van der Waals surface area contributed by atoms with Crippen molar-refractivity contribution >= 4 is 43.6 Å². The van der Waals surface area contributed by atoms with Gasteiger partial charge in [0.15, 0.2) is 23.3 Å². The minimum Gasteiger partial charge on any atom is -0.309 e. The average molecular weight is 685 g/mol. The number of hydrogen-bond acceptors (Lipinski definition) is 0. The van der Waals surface area contributed by atoms with Crippen molar-refractivity contribution < 1.29 is 22.0 Å². The Balaban J connectivity index is 1.24. The largest absolute Gasteiger partial charge is 0.309 e. The predicted molar refractivity (Wildman–Crippen MR) is 196 cm³/mol. The fourth-order valence-corrected chi connectivity index (χ4v) is 8.33. The second-order valence-corrected chi connectivity index (χ2v) is 15.1. The van der Waals surface area contributed by atoms with Gasteiger partial charge in [-0.15, -0.1) is 0 Å². The highest BCUT2D eigenvalue weighted by atomic mass is 19.2. The Morgan fingerprint density at radius 3 is 1.45 bits per heavy atom. The topological polar surface area (TPSA) is 9.86 Å². The summed E-state index contributed by atoms with van der Waals surface area (Å²) >= 11 is 0. The number of hydrogen-bond donors (Lipinski definition) is 0. The molecule has 0 N–H and O–H groups in total. The highest BCUT2D eigenvalue weighted by Crippen LogP contribution is 2.47. The molecule has 2 heterocycles. The SMILES string of the molecule is CC1(C)CCC(C)(C)c2cc(-n3c4ccccc4c4cc(-c5ccc6c(c5)c5ccccc5n6-c5c(F)c(F)c(F)c(F)c5F)ccc43)ccc21. The maximum Gasteiger partial charge on any atom is 0.200 e. The summed E-state index contributed by atoms with van der Waals surface area (Å²) in [5.41, 5.74) is 7.64. The maximum atomic E-state index is 15.2. The lowest BCUT2D eigenvalue weighted by Gasteiger charge is -2.42. The second kappa shape index (κ2) is 10.8. The molecule has 0 amide bonds. The van der Waals surface area contributed by atoms with Crippen LogP contribution in [-0.4, -0.2) is 9.13 Å². The Labute approximate surface area is 291 Å². The molecule has 1 aliphatic carbocycles. The third-order valence-electron chi connectivity index (χ3n) is 11.2. The van der Waals surface area contributed by atoms with Gasteiger partial charge in [-0.05, 0) is 94.5 Å². The predicted octanol–water partition coefficient (Wildman–Crippen LogP) is 12.6. The highest BCUT2D eigenvalue weighted by molar-refractivity contribution is 6.12. The summed E-state index contributed by atoms with van der Waals surface area (Å²) in [5, 5.41) is 3.42. The quantitative estimate of drug-likeness (QED) is 0.0996. The Kier molecular flexibility index (Phi) is 6.67. The van der Waals surface area contributed by atoms with Gasteiger partial charge in [0.05, 0.1) is 22.1 Å². The second-order valence-electron chi connectivity index (χ2n) is 15.1. The summed E-state index contributed by atoms with van der Waals surface area (Å²) in [6.07, 6.45) is 2.27. The Morgan fingerprint density at radius 1 is 0.431 bits per heavy atom. The Morgan fingerprint density at radius 2 is 0.882 bits per heavy atom. The molecule has 51 heavy (non-hydrogen) atoms. The van der Waals surface area contributed by atoms with Crippen molar-refractivity contribution in [3.63, 3.8) is 0 Å². The van der Waals surface area contributed by atoms with Crippen molar-refractivity contribution in [3.05, 3.63) is 143 Å². The molecule has 0 unspecified atom stereocenters. The molecule has 0 atom stereocenters. The van der Waals surface area contributed by atoms with Gasteiger partial charge in [-0.3, -0.25) is 0 Å². The van der Waals surface area contributed by atoms with E-state index in [1.807, 2.05) is 18.2 Å². The van der Waals surface area contributed by atoms with Crippen molar-refractivity contribution in [2.45, 2.75) is 51.4 Å². The number of benzene rings is 6. The van der Waals surface area contributed by atoms with Crippen LogP contribution in [0, 0.1) is 29.1 Å². The van der Waals surface area contributed by atoms with Gasteiger partial charge in [-0.2, -0.15) is 0 Å². The van der Waals surface area contributed by atoms with E-state index >= 15 is 8.78 Å². The minimum atomic E-state index is -2.19. The van der Waals surface area contributed by atoms with Crippen molar-refractivity contribution in [2.75, 3.05) is 0 Å². The lowest BCUT2D eigenvalue weighted by molar-refractivity contribution is 0.332. The van der Waals surface area contributed by atoms with E-state index in [-0.39, 0.29) is 10.8 Å². The molecule has 7 heteroatoms. The van der Waals surface area contributed by atoms with Crippen LogP contribution in [0.5, 0.6) is 0 Å². The first-order valence-corrected chi connectivity index (χ1v) is 17.1. The number of aromatic nitrogens is 2. The van der Waals surface area contributed by atoms with E-state index in [0.29, 0.717) is 21.8 Å². The Bertz CT molecular complexity index is 2740. The summed E-state index contributed by atoms with van der Waals surface area (Å²) in [6.45, 7) is 9.33. The summed E-state index contributed by atoms with van der Waals surface area (Å²) in [5.74, 6) is -9.92. The van der Waals surface area contributed by atoms with Gasteiger partial charge >= 0.3 is 0 Å². The van der Waals surface area contributed by atoms with E-state index < -0.39 is 34.8 Å². The minimum absolute atomic E-state index is 0.0606. The van der Waals surface area contributed by atoms with Crippen LogP contribution < -0.4 is 0 Å². The zero-order valence-electron chi connectivity index (χ0n) is 28.5. The molecule has 1 aliphatic rings. The molecule has 0 spiro atoms. The van der Waals surface area contributed by atoms with Crippen molar-refractivity contribution in [1.29, 1.82) is 0 Å². The lowest BCUT2D eigenvalue weighted by Crippen LogP contribution is -2.33. The monoisotopic (exact) mass is 684 g/mol. The van der Waals surface area contributed by atoms with Crippen LogP contribution in [0.3, 0.4) is 0 Å². The van der Waals surface area contributed by atoms with Gasteiger partial charge in [-0.1, -0.05) is 82.3 Å². The summed E-state index contributed by atoms with van der Waals surface area (Å²) in [6, 6.07) is 33.8. The van der Waals surface area contributed by atoms with Crippen molar-refractivity contribution in [1.82, 2.24) is 9.13 Å². The fraction of sp³-hybridized carbons (Fsp3) is 0.182. The third-order valence-corrected chi connectivity index (χ3v) is 11.2. The van der Waals surface area contributed by atoms with Gasteiger partial charge in [0.25, 0.3) is 0 Å². The molecule has 6 aromatic carbocycles. The van der Waals surface area contributed by atoms with Crippen molar-refractivity contribution in [3.8, 4) is 22.5 Å². The smallest absolute Gasteiger partial charge is 0.200 e. The molecule has 2 aromatic heterocycles. The van der Waals surface area contributed by atoms with E-state index in [1.54, 1.807) is 30.3 Å². The van der Waals surface area contributed by atoms with Crippen molar-refractivity contribution in [2.24, 2.45) is 0 Å². The molecule has 254 valence electrons. The van der Waals surface area contributed by atoms with Gasteiger partial charge < -0.3 is 9.13 Å². The molecule has 0 saturated carbocycles. The van der Waals surface area contributed by atoms with Crippen LogP contribution in [0.1, 0.15) is 51.7 Å². The molecule has 9 rings (SSSR count). The van der Waals surface area contributed by atoms with Crippen LogP contribution in [0.25, 0.3) is 66.1 Å². The van der Waals surface area contributed by atoms with E-state index in [2.05, 4.69) is 86.9 Å². The first-order chi connectivity index (χ1) is 24.4. The third kappa shape index (κ3) is 4.46. The van der Waals surface area contributed by atoms with Gasteiger partial charge in [-0.25, -0.2) is 22.0 Å². The maximum absolute atomic E-state index is 15.2. The first-order valence-electron chi connectivity index (χ1n) is 17.1. The van der Waals surface area contributed by atoms with Gasteiger partial charge in [0, 0.05) is 27.2 Å². The zero-order chi connectivity index (χ0) is 35.6. The fourth-order valence-electron chi connectivity index (χ4n) is 8.33. The molecular formula is C44H33F5N2. The molecule has 0 bridgehead atoms. The first kappa shape index (κ1) is 31.5. The van der Waals surface area contributed by atoms with Crippen LogP contribution in [0.2, 0.25) is 0 Å². The summed E-state index contributed by atoms with van der Waals surface area (Å²) < 4.78 is 76.6. The van der Waals surface area contributed by atoms with Crippen LogP contribution in [0.15, 0.2) is 103 Å². The zero-order valence-corrected chi connectivity index (χ0v) is 28.5. The van der Waals surface area contributed by atoms with Gasteiger partial charge in [0.1, 0.15) is 5.69 Å². The molecule has 0 fully saturated rings. The van der Waals surface area contributed by atoms with Gasteiger partial charge in [0.2, 0.25) is 5.82 Å². The summed E-state index contributed by atoms with van der Waals surface area (Å²) in [4.78, 5) is 0. The lowest BCUT2D eigenvalue weighted by atomic mass is 9.63. The number of halogens is 5. The van der Waals surface area contributed by atoms with E-state index in [4.69, 9.17) is 0 Å². The van der Waals surface area contributed by atoms with Crippen LogP contribution >= 0.6 is 0 Å². The molecule has 0 saturated heterocycles. The normalized spacial score (nSPS) is 15.3. The summed E-state index contributed by atoms with van der Waals surface area (Å²) in [7, 11) is 0. The van der Waals surface area contributed by atoms with Crippen LogP contribution in [-0.2, 0) is 10.8 Å². The average Bonchev–Trinajstić information content (AvgIpc) is 3.64. The highest BCUT2D eigenvalue weighted by Gasteiger charge is 2.37. The molecule has 2 nitrogen and oxygen atoms in total. The van der Waals surface area contributed by atoms with E-state index in [1.165, 1.54) is 11.1 Å². The molecule has 0 aliphatic heterocycles. The number of nitrogens with zero attached hydrogens (tertiary/aromatic N) is 2. The van der Waals surface area contributed by atoms with Crippen LogP contribution in [0.4, 0.5) is 22.0 Å². The number of fused-ring (bicyclic) bond motifs is 7. The van der Waals surface area contributed by atoms with E-state index in [0.717, 1.165) is 56.0 Å². The molecule has 8 aromatic rings. The van der Waals surface area contributed by atoms with E-state index in [9.17, 15) is 13.2 Å².